The van der Waals surface area contributed by atoms with Crippen molar-refractivity contribution in [3.05, 3.63) is 123 Å². The van der Waals surface area contributed by atoms with E-state index in [2.05, 4.69) is 15.5 Å². The Labute approximate surface area is 274 Å². The summed E-state index contributed by atoms with van der Waals surface area (Å²) >= 11 is 2.81. The first-order chi connectivity index (χ1) is 22.3. The average Bonchev–Trinajstić information content (AvgIpc) is 3.84. The van der Waals surface area contributed by atoms with E-state index in [0.29, 0.717) is 28.7 Å². The third-order valence-corrected chi connectivity index (χ3v) is 9.45. The van der Waals surface area contributed by atoms with Gasteiger partial charge in [-0.15, -0.1) is 21.5 Å². The molecule has 0 unspecified atom stereocenters. The first-order valence-electron chi connectivity index (χ1n) is 14.6. The number of hydrogen-bond acceptors (Lipinski definition) is 8. The minimum Gasteiger partial charge on any atom is -0.497 e. The predicted molar refractivity (Wildman–Crippen MR) is 177 cm³/mol. The van der Waals surface area contributed by atoms with Crippen molar-refractivity contribution >= 4 is 40.6 Å². The number of aromatic nitrogens is 3. The maximum atomic E-state index is 13.8. The van der Waals surface area contributed by atoms with Gasteiger partial charge in [0.2, 0.25) is 0 Å². The number of rotatable bonds is 10. The van der Waals surface area contributed by atoms with Gasteiger partial charge in [-0.2, -0.15) is 5.10 Å². The highest BCUT2D eigenvalue weighted by molar-refractivity contribution is 7.99. The van der Waals surface area contributed by atoms with Crippen molar-refractivity contribution in [3.63, 3.8) is 0 Å². The summed E-state index contributed by atoms with van der Waals surface area (Å²) in [6, 6.07) is 22.7. The van der Waals surface area contributed by atoms with E-state index in [-0.39, 0.29) is 36.0 Å². The van der Waals surface area contributed by atoms with Crippen LogP contribution in [0.1, 0.15) is 50.2 Å². The normalized spacial score (nSPS) is 14.3. The minimum absolute atomic E-state index is 0.0418. The molecule has 0 spiro atoms. The number of ether oxygens (including phenoxy) is 1. The molecule has 1 N–H and O–H groups in total. The van der Waals surface area contributed by atoms with E-state index in [1.165, 1.54) is 28.9 Å². The summed E-state index contributed by atoms with van der Waals surface area (Å²) in [6.07, 6.45) is 0.527. The molecule has 234 valence electrons. The summed E-state index contributed by atoms with van der Waals surface area (Å²) in [5.74, 6) is 0.415. The van der Waals surface area contributed by atoms with Crippen molar-refractivity contribution in [2.24, 2.45) is 5.10 Å². The van der Waals surface area contributed by atoms with Gasteiger partial charge in [0.15, 0.2) is 11.0 Å². The van der Waals surface area contributed by atoms with Gasteiger partial charge in [-0.1, -0.05) is 42.1 Å². The lowest BCUT2D eigenvalue weighted by Gasteiger charge is -2.22. The number of aryl methyl sites for hydroxylation is 2. The van der Waals surface area contributed by atoms with Crippen molar-refractivity contribution in [1.29, 1.82) is 0 Å². The molecule has 0 saturated carbocycles. The van der Waals surface area contributed by atoms with Crippen LogP contribution in [0.2, 0.25) is 0 Å². The summed E-state index contributed by atoms with van der Waals surface area (Å²) in [6.45, 7) is 4.11. The standard InChI is InChI=1S/C34H31FN6O3S2/c1-21-6-7-22(2)28(17-21)40-31(19-36-33(43)24-10-14-26(44-3)15-11-24)37-38-34(40)46-20-32(42)41-29(23-8-12-25(35)13-9-23)18-27(39-41)30-5-4-16-45-30/h4-17,29H,18-20H2,1-3H3,(H,36,43)/t29-/m0/s1. The molecule has 0 saturated heterocycles. The molecule has 1 atom stereocenters. The molecule has 3 aromatic carbocycles. The van der Waals surface area contributed by atoms with Crippen molar-refractivity contribution in [1.82, 2.24) is 25.1 Å². The highest BCUT2D eigenvalue weighted by atomic mass is 32.2. The Morgan fingerprint density at radius 3 is 2.54 bits per heavy atom. The molecule has 9 nitrogen and oxygen atoms in total. The molecule has 3 heterocycles. The zero-order chi connectivity index (χ0) is 32.2. The molecule has 0 radical (unpaired) electrons. The van der Waals surface area contributed by atoms with E-state index < -0.39 is 0 Å². The Balaban J connectivity index is 1.25. The molecule has 12 heteroatoms. The zero-order valence-corrected chi connectivity index (χ0v) is 27.1. The number of benzene rings is 3. The number of halogens is 1. The van der Waals surface area contributed by atoms with Gasteiger partial charge in [0.25, 0.3) is 11.8 Å². The third kappa shape index (κ3) is 6.73. The Bertz CT molecular complexity index is 1890. The highest BCUT2D eigenvalue weighted by Crippen LogP contribution is 2.35. The lowest BCUT2D eigenvalue weighted by Crippen LogP contribution is -2.28. The fourth-order valence-corrected chi connectivity index (χ4v) is 6.72. The number of carbonyl (C=O) groups is 2. The molecule has 5 aromatic rings. The molecule has 2 amide bonds. The maximum absolute atomic E-state index is 13.8. The number of nitrogens with zero attached hydrogens (tertiary/aromatic N) is 5. The van der Waals surface area contributed by atoms with E-state index in [9.17, 15) is 14.0 Å². The van der Waals surface area contributed by atoms with Crippen LogP contribution < -0.4 is 10.1 Å². The third-order valence-electron chi connectivity index (χ3n) is 7.62. The molecule has 0 bridgehead atoms. The van der Waals surface area contributed by atoms with Crippen LogP contribution >= 0.6 is 23.1 Å². The highest BCUT2D eigenvalue weighted by Gasteiger charge is 2.34. The van der Waals surface area contributed by atoms with E-state index >= 15 is 0 Å². The smallest absolute Gasteiger partial charge is 0.253 e. The SMILES string of the molecule is COc1ccc(C(=O)NCc2nnc(SCC(=O)N3N=C(c4cccs4)C[C@H]3c3ccc(F)cc3)n2-c2cc(C)ccc2C)cc1. The topological polar surface area (TPSA) is 102 Å². The van der Waals surface area contributed by atoms with Gasteiger partial charge >= 0.3 is 0 Å². The number of hydrazone groups is 1. The fourth-order valence-electron chi connectivity index (χ4n) is 5.18. The van der Waals surface area contributed by atoms with E-state index in [0.717, 1.165) is 33.0 Å². The Morgan fingerprint density at radius 1 is 1.04 bits per heavy atom. The monoisotopic (exact) mass is 654 g/mol. The number of thioether (sulfide) groups is 1. The van der Waals surface area contributed by atoms with E-state index in [1.54, 1.807) is 54.8 Å². The minimum atomic E-state index is -0.355. The van der Waals surface area contributed by atoms with Crippen molar-refractivity contribution in [2.75, 3.05) is 12.9 Å². The number of carbonyl (C=O) groups excluding carboxylic acids is 2. The first kappa shape index (κ1) is 31.2. The zero-order valence-electron chi connectivity index (χ0n) is 25.4. The largest absolute Gasteiger partial charge is 0.497 e. The molecule has 2 aromatic heterocycles. The van der Waals surface area contributed by atoms with Crippen LogP contribution in [0.5, 0.6) is 5.75 Å². The summed E-state index contributed by atoms with van der Waals surface area (Å²) in [4.78, 5) is 27.7. The predicted octanol–water partition coefficient (Wildman–Crippen LogP) is 6.49. The molecular weight excluding hydrogens is 624 g/mol. The van der Waals surface area contributed by atoms with Gasteiger partial charge in [-0.25, -0.2) is 9.40 Å². The van der Waals surface area contributed by atoms with Crippen LogP contribution in [-0.4, -0.2) is 50.2 Å². The molecule has 6 rings (SSSR count). The van der Waals surface area contributed by atoms with Gasteiger partial charge in [0.05, 0.1) is 41.7 Å². The average molecular weight is 655 g/mol. The summed E-state index contributed by atoms with van der Waals surface area (Å²) in [5, 5.41) is 20.5. The summed E-state index contributed by atoms with van der Waals surface area (Å²) in [7, 11) is 1.57. The molecule has 46 heavy (non-hydrogen) atoms. The van der Waals surface area contributed by atoms with Crippen molar-refractivity contribution in [3.8, 4) is 11.4 Å². The van der Waals surface area contributed by atoms with Crippen LogP contribution in [-0.2, 0) is 11.3 Å². The van der Waals surface area contributed by atoms with Crippen LogP contribution in [0.25, 0.3) is 5.69 Å². The quantitative estimate of drug-likeness (QED) is 0.173. The van der Waals surface area contributed by atoms with Crippen LogP contribution in [0, 0.1) is 19.7 Å². The van der Waals surface area contributed by atoms with Crippen molar-refractivity contribution in [2.45, 2.75) is 38.0 Å². The van der Waals surface area contributed by atoms with Crippen LogP contribution in [0.3, 0.4) is 0 Å². The Morgan fingerprint density at radius 2 is 1.83 bits per heavy atom. The second-order valence-corrected chi connectivity index (χ2v) is 12.6. The fraction of sp³-hybridized carbons (Fsp3) is 0.206. The lowest BCUT2D eigenvalue weighted by atomic mass is 10.0. The second kappa shape index (κ2) is 13.7. The first-order valence-corrected chi connectivity index (χ1v) is 16.4. The molecule has 0 aliphatic carbocycles. The number of methoxy groups -OCH3 is 1. The molecular formula is C34H31FN6O3S2. The molecule has 1 aliphatic rings. The van der Waals surface area contributed by atoms with Crippen LogP contribution in [0.4, 0.5) is 4.39 Å². The number of hydrogen-bond donors (Lipinski definition) is 1. The number of thiophene rings is 1. The van der Waals surface area contributed by atoms with Gasteiger partial charge in [0, 0.05) is 12.0 Å². The van der Waals surface area contributed by atoms with Gasteiger partial charge in [-0.3, -0.25) is 14.2 Å². The molecule has 0 fully saturated rings. The van der Waals surface area contributed by atoms with Crippen LogP contribution in [0.15, 0.2) is 94.5 Å². The van der Waals surface area contributed by atoms with Gasteiger partial charge in [0.1, 0.15) is 11.6 Å². The van der Waals surface area contributed by atoms with E-state index in [1.807, 2.05) is 54.1 Å². The lowest BCUT2D eigenvalue weighted by molar-refractivity contribution is -0.130. The Hall–Kier alpha value is -4.81. The summed E-state index contributed by atoms with van der Waals surface area (Å²) < 4.78 is 20.8. The van der Waals surface area contributed by atoms with Gasteiger partial charge < -0.3 is 10.1 Å². The van der Waals surface area contributed by atoms with Crippen molar-refractivity contribution < 1.29 is 18.7 Å². The van der Waals surface area contributed by atoms with Gasteiger partial charge in [-0.05, 0) is 84.4 Å². The Kier molecular flexibility index (Phi) is 9.27. The number of nitrogens with one attached hydrogen (secondary N) is 1. The maximum Gasteiger partial charge on any atom is 0.253 e. The second-order valence-electron chi connectivity index (χ2n) is 10.8. The van der Waals surface area contributed by atoms with E-state index in [4.69, 9.17) is 9.84 Å². The number of amides is 2. The summed E-state index contributed by atoms with van der Waals surface area (Å²) in [5.41, 5.74) is 5.01. The molecule has 1 aliphatic heterocycles.